The van der Waals surface area contributed by atoms with Gasteiger partial charge in [-0.05, 0) is 42.0 Å². The first kappa shape index (κ1) is 15.2. The molecular weight excluding hydrogens is 362 g/mol. The molecule has 0 aliphatic carbocycles. The van der Waals surface area contributed by atoms with Crippen molar-refractivity contribution in [2.75, 3.05) is 0 Å². The second kappa shape index (κ2) is 6.18. The standard InChI is InChI=1S/C17H10BrNO4/c18-14-5-3-12(4-6-14)16-10-13(17(20)23-16)9-11-1-7-15(8-2-11)19(21)22/h1-10H. The van der Waals surface area contributed by atoms with Gasteiger partial charge in [0.1, 0.15) is 5.76 Å². The van der Waals surface area contributed by atoms with Crippen molar-refractivity contribution in [1.82, 2.24) is 0 Å². The van der Waals surface area contributed by atoms with E-state index < -0.39 is 10.9 Å². The van der Waals surface area contributed by atoms with Crippen LogP contribution in [0.15, 0.2) is 64.7 Å². The van der Waals surface area contributed by atoms with Crippen molar-refractivity contribution in [2.45, 2.75) is 0 Å². The number of benzene rings is 2. The highest BCUT2D eigenvalue weighted by Crippen LogP contribution is 2.28. The van der Waals surface area contributed by atoms with Crippen molar-refractivity contribution in [3.63, 3.8) is 0 Å². The Kier molecular flexibility index (Phi) is 4.08. The number of cyclic esters (lactones) is 1. The van der Waals surface area contributed by atoms with Crippen LogP contribution >= 0.6 is 15.9 Å². The summed E-state index contributed by atoms with van der Waals surface area (Å²) < 4.78 is 6.20. The predicted octanol–water partition coefficient (Wildman–Crippen LogP) is 4.34. The number of nitrogens with zero attached hydrogens (tertiary/aromatic N) is 1. The third-order valence-corrected chi connectivity index (χ3v) is 3.81. The van der Waals surface area contributed by atoms with Crippen molar-refractivity contribution in [3.05, 3.63) is 85.9 Å². The van der Waals surface area contributed by atoms with Crippen LogP contribution in [-0.2, 0) is 9.53 Å². The van der Waals surface area contributed by atoms with Gasteiger partial charge in [0, 0.05) is 22.2 Å². The molecular formula is C17H10BrNO4. The van der Waals surface area contributed by atoms with Crippen LogP contribution in [0.4, 0.5) is 5.69 Å². The number of carbonyl (C=O) groups excluding carboxylic acids is 1. The van der Waals surface area contributed by atoms with Gasteiger partial charge in [-0.1, -0.05) is 28.1 Å². The monoisotopic (exact) mass is 371 g/mol. The molecule has 0 unspecified atom stereocenters. The van der Waals surface area contributed by atoms with Gasteiger partial charge in [-0.3, -0.25) is 10.1 Å². The molecule has 6 heteroatoms. The Morgan fingerprint density at radius 2 is 1.70 bits per heavy atom. The number of ether oxygens (including phenoxy) is 1. The van der Waals surface area contributed by atoms with Gasteiger partial charge >= 0.3 is 5.97 Å². The molecule has 0 N–H and O–H groups in total. The number of hydrogen-bond donors (Lipinski definition) is 0. The number of halogens is 1. The minimum Gasteiger partial charge on any atom is -0.422 e. The zero-order valence-electron chi connectivity index (χ0n) is 11.7. The third-order valence-electron chi connectivity index (χ3n) is 3.28. The van der Waals surface area contributed by atoms with Crippen LogP contribution < -0.4 is 0 Å². The first-order valence-electron chi connectivity index (χ1n) is 6.69. The van der Waals surface area contributed by atoms with Gasteiger partial charge in [0.05, 0.1) is 10.5 Å². The molecule has 1 aliphatic heterocycles. The summed E-state index contributed by atoms with van der Waals surface area (Å²) in [6, 6.07) is 13.4. The van der Waals surface area contributed by atoms with Gasteiger partial charge in [0.15, 0.2) is 0 Å². The number of carbonyl (C=O) groups is 1. The largest absolute Gasteiger partial charge is 0.422 e. The lowest BCUT2D eigenvalue weighted by molar-refractivity contribution is -0.384. The zero-order chi connectivity index (χ0) is 16.4. The van der Waals surface area contributed by atoms with Gasteiger partial charge in [-0.25, -0.2) is 4.79 Å². The van der Waals surface area contributed by atoms with Crippen molar-refractivity contribution >= 4 is 39.4 Å². The van der Waals surface area contributed by atoms with Gasteiger partial charge in [-0.15, -0.1) is 0 Å². The number of hydrogen-bond acceptors (Lipinski definition) is 4. The molecule has 0 spiro atoms. The van der Waals surface area contributed by atoms with E-state index in [0.29, 0.717) is 16.9 Å². The first-order chi connectivity index (χ1) is 11.0. The number of non-ortho nitro benzene ring substituents is 1. The fraction of sp³-hybridized carbons (Fsp3) is 0. The highest BCUT2D eigenvalue weighted by atomic mass is 79.9. The maximum absolute atomic E-state index is 11.9. The summed E-state index contributed by atoms with van der Waals surface area (Å²) in [4.78, 5) is 22.1. The molecule has 0 radical (unpaired) electrons. The third kappa shape index (κ3) is 3.37. The number of nitro benzene ring substituents is 1. The molecule has 1 aliphatic rings. The van der Waals surface area contributed by atoms with Gasteiger partial charge < -0.3 is 4.74 Å². The Morgan fingerprint density at radius 3 is 2.30 bits per heavy atom. The maximum Gasteiger partial charge on any atom is 0.343 e. The molecule has 0 fully saturated rings. The van der Waals surface area contributed by atoms with Crippen molar-refractivity contribution in [1.29, 1.82) is 0 Å². The quantitative estimate of drug-likeness (QED) is 0.348. The van der Waals surface area contributed by atoms with E-state index in [1.807, 2.05) is 24.3 Å². The lowest BCUT2D eigenvalue weighted by Crippen LogP contribution is -1.97. The second-order valence-corrected chi connectivity index (χ2v) is 5.77. The molecule has 0 aromatic heterocycles. The van der Waals surface area contributed by atoms with Crippen LogP contribution in [-0.4, -0.2) is 10.9 Å². The lowest BCUT2D eigenvalue weighted by atomic mass is 10.1. The Balaban J connectivity index is 1.88. The molecule has 2 aromatic carbocycles. The molecule has 114 valence electrons. The zero-order valence-corrected chi connectivity index (χ0v) is 13.3. The minimum atomic E-state index is -0.466. The fourth-order valence-corrected chi connectivity index (χ4v) is 2.38. The Hall–Kier alpha value is -2.73. The van der Waals surface area contributed by atoms with Crippen LogP contribution in [0.3, 0.4) is 0 Å². The van der Waals surface area contributed by atoms with E-state index in [0.717, 1.165) is 10.0 Å². The molecule has 0 amide bonds. The van der Waals surface area contributed by atoms with Crippen LogP contribution in [0.5, 0.6) is 0 Å². The van der Waals surface area contributed by atoms with E-state index in [1.54, 1.807) is 24.3 Å². The average Bonchev–Trinajstić information content (AvgIpc) is 2.89. The summed E-state index contributed by atoms with van der Waals surface area (Å²) >= 11 is 3.35. The lowest BCUT2D eigenvalue weighted by Gasteiger charge is -2.01. The van der Waals surface area contributed by atoms with Crippen LogP contribution in [0.2, 0.25) is 0 Å². The highest BCUT2D eigenvalue weighted by Gasteiger charge is 2.21. The topological polar surface area (TPSA) is 69.4 Å². The molecule has 1 heterocycles. The van der Waals surface area contributed by atoms with Gasteiger partial charge in [0.2, 0.25) is 0 Å². The molecule has 2 aromatic rings. The Morgan fingerprint density at radius 1 is 1.04 bits per heavy atom. The van der Waals surface area contributed by atoms with E-state index in [-0.39, 0.29) is 5.69 Å². The normalized spacial score (nSPS) is 15.4. The predicted molar refractivity (Wildman–Crippen MR) is 89.3 cm³/mol. The summed E-state index contributed by atoms with van der Waals surface area (Å²) in [7, 11) is 0. The van der Waals surface area contributed by atoms with Crippen LogP contribution in [0, 0.1) is 10.1 Å². The molecule has 5 nitrogen and oxygen atoms in total. The SMILES string of the molecule is O=C1OC(c2ccc(Br)cc2)=CC1=Cc1ccc([N+](=O)[O-])cc1. The van der Waals surface area contributed by atoms with Crippen LogP contribution in [0.1, 0.15) is 11.1 Å². The van der Waals surface area contributed by atoms with Crippen molar-refractivity contribution in [3.8, 4) is 0 Å². The average molecular weight is 372 g/mol. The van der Waals surface area contributed by atoms with Crippen molar-refractivity contribution < 1.29 is 14.5 Å². The molecule has 23 heavy (non-hydrogen) atoms. The summed E-state index contributed by atoms with van der Waals surface area (Å²) in [6.07, 6.45) is 3.30. The van der Waals surface area contributed by atoms with E-state index in [2.05, 4.69) is 15.9 Å². The smallest absolute Gasteiger partial charge is 0.343 e. The molecule has 0 saturated carbocycles. The summed E-state index contributed by atoms with van der Waals surface area (Å²) in [5.41, 5.74) is 1.90. The summed E-state index contributed by atoms with van der Waals surface area (Å²) in [6.45, 7) is 0. The molecule has 0 atom stereocenters. The van der Waals surface area contributed by atoms with E-state index in [4.69, 9.17) is 4.74 Å². The van der Waals surface area contributed by atoms with Crippen LogP contribution in [0.25, 0.3) is 11.8 Å². The van der Waals surface area contributed by atoms with Gasteiger partial charge in [0.25, 0.3) is 5.69 Å². The van der Waals surface area contributed by atoms with E-state index >= 15 is 0 Å². The molecule has 0 saturated heterocycles. The van der Waals surface area contributed by atoms with Gasteiger partial charge in [-0.2, -0.15) is 0 Å². The summed E-state index contributed by atoms with van der Waals surface area (Å²) in [5, 5.41) is 10.6. The second-order valence-electron chi connectivity index (χ2n) is 4.85. The first-order valence-corrected chi connectivity index (χ1v) is 7.48. The fourth-order valence-electron chi connectivity index (χ4n) is 2.12. The number of nitro groups is 1. The highest BCUT2D eigenvalue weighted by molar-refractivity contribution is 9.10. The molecule has 3 rings (SSSR count). The Labute approximate surface area is 140 Å². The number of rotatable bonds is 3. The van der Waals surface area contributed by atoms with Crippen molar-refractivity contribution in [2.24, 2.45) is 0 Å². The molecule has 0 bridgehead atoms. The maximum atomic E-state index is 11.9. The van der Waals surface area contributed by atoms with E-state index in [1.165, 1.54) is 12.1 Å². The Bertz CT molecular complexity index is 836. The minimum absolute atomic E-state index is 0.00671. The number of esters is 1. The van der Waals surface area contributed by atoms with E-state index in [9.17, 15) is 14.9 Å². The summed E-state index contributed by atoms with van der Waals surface area (Å²) in [5.74, 6) is 0.0388.